The van der Waals surface area contributed by atoms with Crippen molar-refractivity contribution in [3.05, 3.63) is 28.3 Å². The zero-order valence-electron chi connectivity index (χ0n) is 9.38. The first kappa shape index (κ1) is 11.5. The Bertz CT molecular complexity index is 413. The van der Waals surface area contributed by atoms with E-state index in [0.717, 1.165) is 30.6 Å². The Morgan fingerprint density at radius 2 is 2.31 bits per heavy atom. The van der Waals surface area contributed by atoms with Gasteiger partial charge in [-0.2, -0.15) is 0 Å². The van der Waals surface area contributed by atoms with Gasteiger partial charge in [0.15, 0.2) is 5.78 Å². The van der Waals surface area contributed by atoms with E-state index in [1.54, 1.807) is 6.07 Å². The van der Waals surface area contributed by atoms with Gasteiger partial charge in [-0.25, -0.2) is 0 Å². The molecule has 0 amide bonds. The highest BCUT2D eigenvalue weighted by molar-refractivity contribution is 6.31. The molecule has 1 aliphatic rings. The third-order valence-corrected chi connectivity index (χ3v) is 3.02. The van der Waals surface area contributed by atoms with Crippen LogP contribution in [0.1, 0.15) is 42.1 Å². The van der Waals surface area contributed by atoms with Crippen molar-refractivity contribution in [3.8, 4) is 5.75 Å². The lowest BCUT2D eigenvalue weighted by Gasteiger charge is -2.07. The van der Waals surface area contributed by atoms with Crippen molar-refractivity contribution in [2.45, 2.75) is 32.6 Å². The lowest BCUT2D eigenvalue weighted by Crippen LogP contribution is -2.02. The zero-order chi connectivity index (χ0) is 11.5. The van der Waals surface area contributed by atoms with E-state index in [2.05, 4.69) is 6.92 Å². The van der Waals surface area contributed by atoms with E-state index in [1.165, 1.54) is 0 Å². The topological polar surface area (TPSA) is 26.3 Å². The predicted molar refractivity (Wildman–Crippen MR) is 64.5 cm³/mol. The fraction of sp³-hybridized carbons (Fsp3) is 0.462. The van der Waals surface area contributed by atoms with E-state index < -0.39 is 0 Å². The summed E-state index contributed by atoms with van der Waals surface area (Å²) in [7, 11) is 0. The first-order valence-corrected chi connectivity index (χ1v) is 6.08. The van der Waals surface area contributed by atoms with Crippen LogP contribution >= 0.6 is 11.6 Å². The van der Waals surface area contributed by atoms with Gasteiger partial charge < -0.3 is 4.74 Å². The fourth-order valence-corrected chi connectivity index (χ4v) is 2.19. The van der Waals surface area contributed by atoms with E-state index in [9.17, 15) is 4.79 Å². The van der Waals surface area contributed by atoms with Crippen LogP contribution in [-0.2, 0) is 6.42 Å². The van der Waals surface area contributed by atoms with E-state index in [4.69, 9.17) is 16.3 Å². The number of fused-ring (bicyclic) bond motifs is 1. The van der Waals surface area contributed by atoms with Gasteiger partial charge in [-0.15, -0.1) is 0 Å². The quantitative estimate of drug-likeness (QED) is 0.749. The van der Waals surface area contributed by atoms with Gasteiger partial charge in [0.05, 0.1) is 12.2 Å². The molecule has 0 unspecified atom stereocenters. The fourth-order valence-electron chi connectivity index (χ4n) is 1.95. The zero-order valence-corrected chi connectivity index (χ0v) is 10.1. The van der Waals surface area contributed by atoms with Crippen LogP contribution in [0.15, 0.2) is 12.1 Å². The second kappa shape index (κ2) is 4.88. The molecule has 0 saturated heterocycles. The van der Waals surface area contributed by atoms with Crippen molar-refractivity contribution in [2.24, 2.45) is 0 Å². The number of unbranched alkanes of at least 4 members (excludes halogenated alkanes) is 1. The van der Waals surface area contributed by atoms with Crippen molar-refractivity contribution in [1.29, 1.82) is 0 Å². The first-order chi connectivity index (χ1) is 7.72. The number of benzene rings is 1. The Hall–Kier alpha value is -1.02. The summed E-state index contributed by atoms with van der Waals surface area (Å²) in [5, 5.41) is 0.629. The molecule has 0 spiro atoms. The van der Waals surface area contributed by atoms with E-state index >= 15 is 0 Å². The molecular weight excluding hydrogens is 224 g/mol. The molecule has 0 aliphatic carbocycles. The Labute approximate surface area is 101 Å². The maximum atomic E-state index is 12.0. The van der Waals surface area contributed by atoms with Crippen LogP contribution in [-0.4, -0.2) is 12.4 Å². The molecule has 0 bridgehead atoms. The molecule has 0 saturated carbocycles. The van der Waals surface area contributed by atoms with Crippen molar-refractivity contribution < 1.29 is 9.53 Å². The Morgan fingerprint density at radius 1 is 1.50 bits per heavy atom. The molecule has 2 rings (SSSR count). The number of hydrogen-bond acceptors (Lipinski definition) is 2. The van der Waals surface area contributed by atoms with Crippen LogP contribution < -0.4 is 4.74 Å². The molecule has 0 aromatic heterocycles. The van der Waals surface area contributed by atoms with Crippen molar-refractivity contribution in [3.63, 3.8) is 0 Å². The average molecular weight is 239 g/mol. The number of ketones is 1. The molecule has 3 heteroatoms. The van der Waals surface area contributed by atoms with Crippen LogP contribution in [0.3, 0.4) is 0 Å². The summed E-state index contributed by atoms with van der Waals surface area (Å²) in [6.07, 6.45) is 3.37. The van der Waals surface area contributed by atoms with Crippen molar-refractivity contribution in [1.82, 2.24) is 0 Å². The summed E-state index contributed by atoms with van der Waals surface area (Å²) in [5.41, 5.74) is 1.72. The highest BCUT2D eigenvalue weighted by Gasteiger charge is 2.21. The Morgan fingerprint density at radius 3 is 3.06 bits per heavy atom. The van der Waals surface area contributed by atoms with Gasteiger partial charge in [-0.05, 0) is 24.1 Å². The summed E-state index contributed by atoms with van der Waals surface area (Å²) < 4.78 is 5.51. The van der Waals surface area contributed by atoms with Gasteiger partial charge in [0.2, 0.25) is 0 Å². The van der Waals surface area contributed by atoms with Crippen LogP contribution in [0, 0.1) is 0 Å². The van der Waals surface area contributed by atoms with Gasteiger partial charge in [0.25, 0.3) is 0 Å². The van der Waals surface area contributed by atoms with Gasteiger partial charge >= 0.3 is 0 Å². The standard InChI is InChI=1S/C13H15ClO2/c1-2-3-4-12(15)11-8-10(14)7-9-5-6-16-13(9)11/h7-8H,2-6H2,1H3. The summed E-state index contributed by atoms with van der Waals surface area (Å²) in [6.45, 7) is 2.73. The van der Waals surface area contributed by atoms with E-state index in [0.29, 0.717) is 23.6 Å². The number of rotatable bonds is 4. The number of carbonyl (C=O) groups is 1. The van der Waals surface area contributed by atoms with Gasteiger partial charge in [0, 0.05) is 17.9 Å². The number of hydrogen-bond donors (Lipinski definition) is 0. The number of ether oxygens (including phenoxy) is 1. The lowest BCUT2D eigenvalue weighted by atomic mass is 10.0. The smallest absolute Gasteiger partial charge is 0.166 e. The third kappa shape index (κ3) is 2.22. The molecule has 0 atom stereocenters. The Balaban J connectivity index is 2.29. The predicted octanol–water partition coefficient (Wildman–Crippen LogP) is 3.65. The highest BCUT2D eigenvalue weighted by Crippen LogP contribution is 2.33. The molecule has 2 nitrogen and oxygen atoms in total. The second-order valence-corrected chi connectivity index (χ2v) is 4.50. The summed E-state index contributed by atoms with van der Waals surface area (Å²) in [5.74, 6) is 0.896. The van der Waals surface area contributed by atoms with E-state index in [1.807, 2.05) is 6.07 Å². The maximum Gasteiger partial charge on any atom is 0.166 e. The summed E-state index contributed by atoms with van der Waals surface area (Å²) in [4.78, 5) is 12.0. The van der Waals surface area contributed by atoms with Crippen LogP contribution in [0.4, 0.5) is 0 Å². The molecule has 1 aromatic rings. The second-order valence-electron chi connectivity index (χ2n) is 4.07. The van der Waals surface area contributed by atoms with Crippen LogP contribution in [0.25, 0.3) is 0 Å². The summed E-state index contributed by atoms with van der Waals surface area (Å²) >= 11 is 6.00. The maximum absolute atomic E-state index is 12.0. The van der Waals surface area contributed by atoms with Gasteiger partial charge in [-0.1, -0.05) is 24.9 Å². The monoisotopic (exact) mass is 238 g/mol. The first-order valence-electron chi connectivity index (χ1n) is 5.70. The molecule has 0 radical (unpaired) electrons. The third-order valence-electron chi connectivity index (χ3n) is 2.81. The normalized spacial score (nSPS) is 13.4. The molecular formula is C13H15ClO2. The molecule has 1 aliphatic heterocycles. The van der Waals surface area contributed by atoms with Crippen molar-refractivity contribution >= 4 is 17.4 Å². The highest BCUT2D eigenvalue weighted by atomic mass is 35.5. The number of Topliss-reactive ketones (excluding diaryl/α,β-unsaturated/α-hetero) is 1. The van der Waals surface area contributed by atoms with Crippen LogP contribution in [0.5, 0.6) is 5.75 Å². The molecule has 1 heterocycles. The average Bonchev–Trinajstić information content (AvgIpc) is 2.72. The van der Waals surface area contributed by atoms with Gasteiger partial charge in [0.1, 0.15) is 5.75 Å². The van der Waals surface area contributed by atoms with E-state index in [-0.39, 0.29) is 5.78 Å². The van der Waals surface area contributed by atoms with Crippen molar-refractivity contribution in [2.75, 3.05) is 6.61 Å². The number of halogens is 1. The van der Waals surface area contributed by atoms with Crippen LogP contribution in [0.2, 0.25) is 5.02 Å². The minimum Gasteiger partial charge on any atom is -0.492 e. The Kier molecular flexibility index (Phi) is 3.49. The minimum atomic E-state index is 0.141. The lowest BCUT2D eigenvalue weighted by molar-refractivity contribution is 0.0976. The molecule has 0 fully saturated rings. The SMILES string of the molecule is CCCCC(=O)c1cc(Cl)cc2c1OCC2. The largest absolute Gasteiger partial charge is 0.492 e. The molecule has 1 aromatic carbocycles. The molecule has 86 valence electrons. The summed E-state index contributed by atoms with van der Waals surface area (Å²) in [6, 6.07) is 3.62. The molecule has 16 heavy (non-hydrogen) atoms. The number of carbonyl (C=O) groups excluding carboxylic acids is 1. The molecule has 0 N–H and O–H groups in total. The minimum absolute atomic E-state index is 0.141. The van der Waals surface area contributed by atoms with Gasteiger partial charge in [-0.3, -0.25) is 4.79 Å².